The lowest BCUT2D eigenvalue weighted by Crippen LogP contribution is -2.19. The summed E-state index contributed by atoms with van der Waals surface area (Å²) >= 11 is 5.69. The van der Waals surface area contributed by atoms with Crippen molar-refractivity contribution in [2.75, 3.05) is 16.9 Å². The van der Waals surface area contributed by atoms with Gasteiger partial charge < -0.3 is 5.32 Å². The van der Waals surface area contributed by atoms with Gasteiger partial charge in [-0.15, -0.1) is 11.6 Å². The second kappa shape index (κ2) is 5.55. The van der Waals surface area contributed by atoms with E-state index >= 15 is 0 Å². The molecule has 3 nitrogen and oxygen atoms in total. The minimum atomic E-state index is -3.19. The van der Waals surface area contributed by atoms with E-state index in [4.69, 9.17) is 11.6 Å². The van der Waals surface area contributed by atoms with E-state index in [-0.39, 0.29) is 11.8 Å². The highest BCUT2D eigenvalue weighted by atomic mass is 35.5. The van der Waals surface area contributed by atoms with Gasteiger partial charge >= 0.3 is 0 Å². The Bertz CT molecular complexity index is 445. The molecule has 0 fully saturated rings. The number of alkyl halides is 1. The fourth-order valence-corrected chi connectivity index (χ4v) is 2.45. The average molecular weight is 262 g/mol. The first kappa shape index (κ1) is 13.3. The second-order valence-electron chi connectivity index (χ2n) is 3.60. The average Bonchev–Trinajstić information content (AvgIpc) is 2.29. The van der Waals surface area contributed by atoms with Crippen LogP contribution in [0.4, 0.5) is 5.69 Å². The fourth-order valence-electron chi connectivity index (χ4n) is 1.32. The van der Waals surface area contributed by atoms with E-state index < -0.39 is 9.84 Å². The molecule has 0 radical (unpaired) electrons. The highest BCUT2D eigenvalue weighted by molar-refractivity contribution is 7.91. The van der Waals surface area contributed by atoms with E-state index in [1.165, 1.54) is 0 Å². The van der Waals surface area contributed by atoms with E-state index in [0.29, 0.717) is 16.5 Å². The molecule has 1 unspecified atom stereocenters. The normalized spacial score (nSPS) is 13.4. The molecule has 1 aromatic rings. The van der Waals surface area contributed by atoms with E-state index in [2.05, 4.69) is 5.32 Å². The zero-order valence-corrected chi connectivity index (χ0v) is 11.0. The van der Waals surface area contributed by atoms with Crippen molar-refractivity contribution in [1.82, 2.24) is 0 Å². The first-order valence-corrected chi connectivity index (χ1v) is 7.34. The second-order valence-corrected chi connectivity index (χ2v) is 6.15. The van der Waals surface area contributed by atoms with Crippen LogP contribution < -0.4 is 5.32 Å². The van der Waals surface area contributed by atoms with E-state index in [0.717, 1.165) is 0 Å². The van der Waals surface area contributed by atoms with Crippen LogP contribution >= 0.6 is 11.6 Å². The van der Waals surface area contributed by atoms with Crippen LogP contribution in [-0.2, 0) is 9.84 Å². The van der Waals surface area contributed by atoms with Gasteiger partial charge in [-0.1, -0.05) is 19.1 Å². The molecule has 1 N–H and O–H groups in total. The third-order valence-corrected chi connectivity index (χ3v) is 4.48. The first-order chi connectivity index (χ1) is 7.51. The van der Waals surface area contributed by atoms with Crippen molar-refractivity contribution in [2.45, 2.75) is 24.8 Å². The summed E-state index contributed by atoms with van der Waals surface area (Å²) in [6.45, 7) is 3.54. The highest BCUT2D eigenvalue weighted by Crippen LogP contribution is 2.22. The maximum Gasteiger partial charge on any atom is 0.180 e. The van der Waals surface area contributed by atoms with Crippen LogP contribution in [0.2, 0.25) is 0 Å². The quantitative estimate of drug-likeness (QED) is 0.829. The van der Waals surface area contributed by atoms with Crippen molar-refractivity contribution in [3.63, 3.8) is 0 Å². The van der Waals surface area contributed by atoms with Gasteiger partial charge in [-0.05, 0) is 19.1 Å². The summed E-state index contributed by atoms with van der Waals surface area (Å²) in [5.74, 6) is 0.529. The van der Waals surface area contributed by atoms with Crippen LogP contribution in [0.15, 0.2) is 29.2 Å². The zero-order valence-electron chi connectivity index (χ0n) is 9.40. The molecular formula is C11H16ClNO2S. The summed E-state index contributed by atoms with van der Waals surface area (Å²) in [5.41, 5.74) is 0.623. The van der Waals surface area contributed by atoms with Crippen LogP contribution in [0.5, 0.6) is 0 Å². The summed E-state index contributed by atoms with van der Waals surface area (Å²) in [6, 6.07) is 6.93. The smallest absolute Gasteiger partial charge is 0.180 e. The van der Waals surface area contributed by atoms with Crippen molar-refractivity contribution < 1.29 is 8.42 Å². The van der Waals surface area contributed by atoms with Gasteiger partial charge in [0.1, 0.15) is 0 Å². The maximum atomic E-state index is 11.8. The summed E-state index contributed by atoms with van der Waals surface area (Å²) in [4.78, 5) is 0.342. The fraction of sp³-hybridized carbons (Fsp3) is 0.455. The minimum Gasteiger partial charge on any atom is -0.380 e. The number of benzene rings is 1. The highest BCUT2D eigenvalue weighted by Gasteiger charge is 2.16. The third kappa shape index (κ3) is 3.12. The Hall–Kier alpha value is -0.740. The summed E-state index contributed by atoms with van der Waals surface area (Å²) in [5, 5.41) is 3.09. The summed E-state index contributed by atoms with van der Waals surface area (Å²) < 4.78 is 23.6. The number of rotatable bonds is 5. The van der Waals surface area contributed by atoms with Crippen molar-refractivity contribution >= 4 is 27.1 Å². The molecule has 16 heavy (non-hydrogen) atoms. The van der Waals surface area contributed by atoms with Crippen LogP contribution in [0, 0.1) is 0 Å². The molecule has 0 amide bonds. The number of hydrogen-bond donors (Lipinski definition) is 1. The molecular weight excluding hydrogens is 246 g/mol. The molecule has 1 atom stereocenters. The van der Waals surface area contributed by atoms with Gasteiger partial charge in [0, 0.05) is 11.9 Å². The maximum absolute atomic E-state index is 11.8. The lowest BCUT2D eigenvalue weighted by atomic mass is 10.3. The molecule has 0 aliphatic carbocycles. The van der Waals surface area contributed by atoms with Gasteiger partial charge in [0.05, 0.1) is 16.3 Å². The van der Waals surface area contributed by atoms with Gasteiger partial charge in [-0.25, -0.2) is 8.42 Å². The Morgan fingerprint density at radius 1 is 1.38 bits per heavy atom. The molecule has 0 aromatic heterocycles. The van der Waals surface area contributed by atoms with E-state index in [1.807, 2.05) is 6.92 Å². The van der Waals surface area contributed by atoms with Gasteiger partial charge in [0.2, 0.25) is 0 Å². The Morgan fingerprint density at radius 2 is 2.00 bits per heavy atom. The molecule has 1 rings (SSSR count). The number of hydrogen-bond acceptors (Lipinski definition) is 3. The molecule has 0 aliphatic heterocycles. The SMILES string of the molecule is CCS(=O)(=O)c1ccccc1NC(C)CCl. The van der Waals surface area contributed by atoms with Gasteiger partial charge in [-0.3, -0.25) is 0 Å². The number of para-hydroxylation sites is 1. The zero-order chi connectivity index (χ0) is 12.2. The lowest BCUT2D eigenvalue weighted by Gasteiger charge is -2.15. The molecule has 0 saturated carbocycles. The number of halogens is 1. The lowest BCUT2D eigenvalue weighted by molar-refractivity contribution is 0.597. The van der Waals surface area contributed by atoms with E-state index in [9.17, 15) is 8.42 Å². The Morgan fingerprint density at radius 3 is 2.56 bits per heavy atom. The topological polar surface area (TPSA) is 46.2 Å². The van der Waals surface area contributed by atoms with Crippen molar-refractivity contribution in [2.24, 2.45) is 0 Å². The summed E-state index contributed by atoms with van der Waals surface area (Å²) in [7, 11) is -3.19. The van der Waals surface area contributed by atoms with Crippen LogP contribution in [0.3, 0.4) is 0 Å². The molecule has 0 heterocycles. The van der Waals surface area contributed by atoms with Crippen LogP contribution in [0.1, 0.15) is 13.8 Å². The first-order valence-electron chi connectivity index (χ1n) is 5.15. The number of anilines is 1. The number of sulfone groups is 1. The van der Waals surface area contributed by atoms with Crippen molar-refractivity contribution in [3.05, 3.63) is 24.3 Å². The monoisotopic (exact) mass is 261 g/mol. The molecule has 0 aliphatic rings. The Balaban J connectivity index is 3.11. The molecule has 5 heteroatoms. The van der Waals surface area contributed by atoms with Gasteiger partial charge in [0.25, 0.3) is 0 Å². The van der Waals surface area contributed by atoms with Crippen LogP contribution in [0.25, 0.3) is 0 Å². The Labute approximate surface area is 102 Å². The predicted molar refractivity (Wildman–Crippen MR) is 68.0 cm³/mol. The number of nitrogens with one attached hydrogen (secondary N) is 1. The molecule has 90 valence electrons. The largest absolute Gasteiger partial charge is 0.380 e. The van der Waals surface area contributed by atoms with Crippen LogP contribution in [-0.4, -0.2) is 26.1 Å². The van der Waals surface area contributed by atoms with Gasteiger partial charge in [0.15, 0.2) is 9.84 Å². The van der Waals surface area contributed by atoms with E-state index in [1.54, 1.807) is 31.2 Å². The molecule has 0 bridgehead atoms. The molecule has 0 saturated heterocycles. The predicted octanol–water partition coefficient (Wildman–Crippen LogP) is 2.52. The molecule has 0 spiro atoms. The minimum absolute atomic E-state index is 0.0369. The standard InChI is InChI=1S/C11H16ClNO2S/c1-3-16(14,15)11-7-5-4-6-10(11)13-9(2)8-12/h4-7,9,13H,3,8H2,1-2H3. The third-order valence-electron chi connectivity index (χ3n) is 2.24. The van der Waals surface area contributed by atoms with Crippen molar-refractivity contribution in [1.29, 1.82) is 0 Å². The molecule has 1 aromatic carbocycles. The Kier molecular flexibility index (Phi) is 4.62. The van der Waals surface area contributed by atoms with Crippen molar-refractivity contribution in [3.8, 4) is 0 Å². The summed E-state index contributed by atoms with van der Waals surface area (Å²) in [6.07, 6.45) is 0. The van der Waals surface area contributed by atoms with Gasteiger partial charge in [-0.2, -0.15) is 0 Å².